The van der Waals surface area contributed by atoms with Gasteiger partial charge < -0.3 is 44.6 Å². The molecule has 5 heterocycles. The highest BCUT2D eigenvalue weighted by Crippen LogP contribution is 2.44. The fourth-order valence-corrected chi connectivity index (χ4v) is 9.37. The van der Waals surface area contributed by atoms with Crippen LogP contribution in [0.5, 0.6) is 5.75 Å². The lowest BCUT2D eigenvalue weighted by Crippen LogP contribution is -2.55. The van der Waals surface area contributed by atoms with Crippen LogP contribution in [0, 0.1) is 11.3 Å². The Morgan fingerprint density at radius 1 is 0.820 bits per heavy atom. The van der Waals surface area contributed by atoms with Crippen LogP contribution in [-0.4, -0.2) is 92.1 Å². The molecule has 4 amide bonds. The standard InChI is InChI=1S/C46H56N8O7/c1-23(2)37(51-44(57)59-8)42(55)53-24(3)11-17-35(53)41-48-32-15-13-26-19-31-29-14-12-27(18-28(29)22-61-36(31)20-30(26)38(32)50-41)33-21-47-40(49-33)34-16-10-25(4)54(34)43(56)39(46(5,6)7)52-45(58)60-9/h12-15,18-21,23-25,34-35,37,39H,10-11,16-17,22H2,1-9H3,(H,47,49)(H,48,50)(H,51,57)(H,52,58)/t24-,25-,34?,35?,37-,39+/m0/s1. The van der Waals surface area contributed by atoms with E-state index >= 15 is 0 Å². The van der Waals surface area contributed by atoms with Crippen LogP contribution in [0.25, 0.3) is 44.2 Å². The Labute approximate surface area is 355 Å². The van der Waals surface area contributed by atoms with Gasteiger partial charge in [0.05, 0.1) is 49.2 Å². The normalized spacial score (nSPS) is 20.9. The van der Waals surface area contributed by atoms with Crippen LogP contribution in [0.1, 0.15) is 103 Å². The van der Waals surface area contributed by atoms with E-state index in [0.29, 0.717) is 18.3 Å². The quantitative estimate of drug-likeness (QED) is 0.121. The minimum atomic E-state index is -0.771. The van der Waals surface area contributed by atoms with Crippen molar-refractivity contribution in [3.63, 3.8) is 0 Å². The van der Waals surface area contributed by atoms with Gasteiger partial charge in [0.2, 0.25) is 11.8 Å². The molecule has 0 saturated carbocycles. The summed E-state index contributed by atoms with van der Waals surface area (Å²) < 4.78 is 16.1. The fraction of sp³-hybridized carbons (Fsp3) is 0.478. The monoisotopic (exact) mass is 832 g/mol. The number of alkyl carbamates (subject to hydrolysis) is 2. The van der Waals surface area contributed by atoms with E-state index in [4.69, 9.17) is 24.2 Å². The van der Waals surface area contributed by atoms with Gasteiger partial charge in [-0.1, -0.05) is 52.8 Å². The van der Waals surface area contributed by atoms with Crippen molar-refractivity contribution in [2.24, 2.45) is 11.3 Å². The molecular formula is C46H56N8O7. The number of methoxy groups -OCH3 is 2. The van der Waals surface area contributed by atoms with E-state index in [1.807, 2.05) is 70.5 Å². The van der Waals surface area contributed by atoms with Crippen molar-refractivity contribution in [2.75, 3.05) is 14.2 Å². The molecule has 3 aliphatic heterocycles. The fourth-order valence-electron chi connectivity index (χ4n) is 9.37. The van der Waals surface area contributed by atoms with Crippen molar-refractivity contribution in [1.29, 1.82) is 0 Å². The van der Waals surface area contributed by atoms with Crippen molar-refractivity contribution < 1.29 is 33.4 Å². The molecule has 5 aromatic rings. The Kier molecular flexibility index (Phi) is 10.9. The zero-order valence-corrected chi connectivity index (χ0v) is 36.3. The first kappa shape index (κ1) is 41.6. The first-order chi connectivity index (χ1) is 29.1. The Hall–Kier alpha value is -6.12. The highest BCUT2D eigenvalue weighted by Gasteiger charge is 2.44. The molecule has 2 fully saturated rings. The third-order valence-corrected chi connectivity index (χ3v) is 12.7. The van der Waals surface area contributed by atoms with Crippen molar-refractivity contribution >= 4 is 45.8 Å². The Morgan fingerprint density at radius 3 is 2.16 bits per heavy atom. The molecule has 2 unspecified atom stereocenters. The topological polar surface area (TPSA) is 184 Å². The number of carbonyl (C=O) groups excluding carboxylic acids is 4. The first-order valence-electron chi connectivity index (χ1n) is 21.2. The molecule has 3 aromatic carbocycles. The molecule has 61 heavy (non-hydrogen) atoms. The van der Waals surface area contributed by atoms with Crippen LogP contribution < -0.4 is 15.4 Å². The van der Waals surface area contributed by atoms with Gasteiger partial charge >= 0.3 is 12.2 Å². The second kappa shape index (κ2) is 16.1. The molecule has 0 aliphatic carbocycles. The van der Waals surface area contributed by atoms with Crippen LogP contribution in [0.15, 0.2) is 48.7 Å². The van der Waals surface area contributed by atoms with Crippen molar-refractivity contribution in [1.82, 2.24) is 40.4 Å². The minimum absolute atomic E-state index is 0.0266. The minimum Gasteiger partial charge on any atom is -0.488 e. The summed E-state index contributed by atoms with van der Waals surface area (Å²) in [6.45, 7) is 14.0. The predicted octanol–water partition coefficient (Wildman–Crippen LogP) is 7.92. The lowest BCUT2D eigenvalue weighted by Gasteiger charge is -2.36. The number of likely N-dealkylation sites (tertiary alicyclic amines) is 2. The van der Waals surface area contributed by atoms with Gasteiger partial charge in [0.25, 0.3) is 0 Å². The Morgan fingerprint density at radius 2 is 1.49 bits per heavy atom. The molecule has 2 aromatic heterocycles. The van der Waals surface area contributed by atoms with Gasteiger partial charge in [0.1, 0.15) is 36.1 Å². The zero-order chi connectivity index (χ0) is 43.5. The number of imidazole rings is 2. The van der Waals surface area contributed by atoms with Gasteiger partial charge in [-0.05, 0) is 97.2 Å². The Balaban J connectivity index is 1.05. The molecule has 8 rings (SSSR count). The Bertz CT molecular complexity index is 2520. The van der Waals surface area contributed by atoms with Crippen LogP contribution in [-0.2, 0) is 25.7 Å². The molecule has 0 spiro atoms. The average molecular weight is 833 g/mol. The highest BCUT2D eigenvalue weighted by molar-refractivity contribution is 6.07. The molecule has 6 atom stereocenters. The number of benzene rings is 3. The summed E-state index contributed by atoms with van der Waals surface area (Å²) in [6.07, 6.45) is 3.66. The second-order valence-electron chi connectivity index (χ2n) is 18.2. The summed E-state index contributed by atoms with van der Waals surface area (Å²) in [5, 5.41) is 7.46. The van der Waals surface area contributed by atoms with Crippen LogP contribution >= 0.6 is 0 Å². The number of hydrogen-bond acceptors (Lipinski definition) is 9. The number of amides is 4. The molecule has 0 radical (unpaired) electrons. The third-order valence-electron chi connectivity index (χ3n) is 12.7. The van der Waals surface area contributed by atoms with Crippen LogP contribution in [0.2, 0.25) is 0 Å². The predicted molar refractivity (Wildman–Crippen MR) is 230 cm³/mol. The van der Waals surface area contributed by atoms with Gasteiger partial charge in [0.15, 0.2) is 0 Å². The molecule has 322 valence electrons. The second-order valence-corrected chi connectivity index (χ2v) is 18.2. The van der Waals surface area contributed by atoms with E-state index in [1.54, 1.807) is 0 Å². The summed E-state index contributed by atoms with van der Waals surface area (Å²) in [5.74, 6) is 1.73. The molecule has 15 nitrogen and oxygen atoms in total. The van der Waals surface area contributed by atoms with Crippen LogP contribution in [0.3, 0.4) is 0 Å². The molecular weight excluding hydrogens is 777 g/mol. The van der Waals surface area contributed by atoms with Gasteiger partial charge in [-0.2, -0.15) is 0 Å². The smallest absolute Gasteiger partial charge is 0.407 e. The number of aromatic amines is 2. The molecule has 2 saturated heterocycles. The molecule has 15 heteroatoms. The number of nitrogens with one attached hydrogen (secondary N) is 4. The number of aromatic nitrogens is 4. The van der Waals surface area contributed by atoms with E-state index in [1.165, 1.54) is 14.2 Å². The molecule has 4 N–H and O–H groups in total. The van der Waals surface area contributed by atoms with Crippen molar-refractivity contribution in [3.8, 4) is 28.1 Å². The van der Waals surface area contributed by atoms with E-state index in [9.17, 15) is 19.2 Å². The molecule has 3 aliphatic rings. The lowest BCUT2D eigenvalue weighted by atomic mass is 9.85. The van der Waals surface area contributed by atoms with Gasteiger partial charge in [-0.15, -0.1) is 0 Å². The number of carbonyl (C=O) groups is 4. The number of hydrogen-bond donors (Lipinski definition) is 4. The number of fused-ring (bicyclic) bond motifs is 6. The summed E-state index contributed by atoms with van der Waals surface area (Å²) in [5.41, 5.74) is 6.03. The average Bonchev–Trinajstić information content (AvgIpc) is 4.05. The maximum absolute atomic E-state index is 14.1. The highest BCUT2D eigenvalue weighted by atomic mass is 16.5. The summed E-state index contributed by atoms with van der Waals surface area (Å²) in [4.78, 5) is 73.1. The van der Waals surface area contributed by atoms with E-state index in [-0.39, 0.29) is 41.9 Å². The van der Waals surface area contributed by atoms with Gasteiger partial charge in [-0.25, -0.2) is 19.6 Å². The lowest BCUT2D eigenvalue weighted by molar-refractivity contribution is -0.139. The van der Waals surface area contributed by atoms with Gasteiger partial charge in [0, 0.05) is 23.0 Å². The van der Waals surface area contributed by atoms with E-state index in [2.05, 4.69) is 57.0 Å². The maximum atomic E-state index is 14.1. The number of H-pyrrole nitrogens is 2. The largest absolute Gasteiger partial charge is 0.488 e. The zero-order valence-electron chi connectivity index (χ0n) is 36.3. The summed E-state index contributed by atoms with van der Waals surface area (Å²) >= 11 is 0. The third kappa shape index (κ3) is 7.63. The summed E-state index contributed by atoms with van der Waals surface area (Å²) in [6, 6.07) is 12.5. The first-order valence-corrected chi connectivity index (χ1v) is 21.2. The number of nitrogens with zero attached hydrogens (tertiary/aromatic N) is 4. The van der Waals surface area contributed by atoms with Gasteiger partial charge in [-0.3, -0.25) is 9.59 Å². The molecule has 0 bridgehead atoms. The SMILES string of the molecule is COC(=O)N[C@H](C(=O)N1C(c2nc3c(ccc4cc5c(cc43)OCc3cc(-c4cnc(C6CC[C@H](C)N6C(=O)[C@@H](NC(=O)OC)C(C)(C)C)[nH]4)ccc3-5)[nH]2)CC[C@@H]1C)C(C)C. The van der Waals surface area contributed by atoms with Crippen molar-refractivity contribution in [3.05, 3.63) is 65.9 Å². The number of ether oxygens (including phenoxy) is 3. The van der Waals surface area contributed by atoms with Crippen molar-refractivity contribution in [2.45, 2.75) is 117 Å². The van der Waals surface area contributed by atoms with E-state index < -0.39 is 29.7 Å². The summed E-state index contributed by atoms with van der Waals surface area (Å²) in [7, 11) is 2.59. The van der Waals surface area contributed by atoms with E-state index in [0.717, 1.165) is 81.2 Å². The van der Waals surface area contributed by atoms with Crippen LogP contribution in [0.4, 0.5) is 9.59 Å². The maximum Gasteiger partial charge on any atom is 0.407 e. The number of rotatable bonds is 8.